The van der Waals surface area contributed by atoms with Gasteiger partial charge in [0.15, 0.2) is 10.9 Å². The standard InChI is InChI=1S/C21H17ClN2O3S2/c1-27-16-8-6-15(7-9-16)24-20(26)19-17(10-11-28-19)23-21(24)29-12-18(25)13-2-4-14(22)5-3-13/h2-9H,10-12H2,1H3. The van der Waals surface area contributed by atoms with Gasteiger partial charge in [-0.25, -0.2) is 4.98 Å². The van der Waals surface area contributed by atoms with E-state index < -0.39 is 0 Å². The van der Waals surface area contributed by atoms with Crippen molar-refractivity contribution in [3.63, 3.8) is 0 Å². The molecule has 0 amide bonds. The topological polar surface area (TPSA) is 61.2 Å². The Morgan fingerprint density at radius 3 is 2.62 bits per heavy atom. The van der Waals surface area contributed by atoms with E-state index in [1.807, 2.05) is 12.1 Å². The maximum Gasteiger partial charge on any atom is 0.272 e. The number of ether oxygens (including phenoxy) is 1. The van der Waals surface area contributed by atoms with E-state index in [4.69, 9.17) is 21.3 Å². The molecule has 0 unspecified atom stereocenters. The molecular formula is C21H17ClN2O3S2. The summed E-state index contributed by atoms with van der Waals surface area (Å²) in [6.45, 7) is 0. The van der Waals surface area contributed by atoms with Gasteiger partial charge in [0.25, 0.3) is 5.56 Å². The first-order chi connectivity index (χ1) is 14.1. The van der Waals surface area contributed by atoms with Crippen molar-refractivity contribution in [2.75, 3.05) is 18.6 Å². The number of Topliss-reactive ketones (excluding diaryl/α,β-unsaturated/α-hetero) is 1. The van der Waals surface area contributed by atoms with Crippen LogP contribution in [-0.4, -0.2) is 33.9 Å². The van der Waals surface area contributed by atoms with E-state index in [9.17, 15) is 9.59 Å². The first-order valence-corrected chi connectivity index (χ1v) is 11.3. The number of carbonyl (C=O) groups excluding carboxylic acids is 1. The van der Waals surface area contributed by atoms with Crippen LogP contribution in [0.2, 0.25) is 5.02 Å². The van der Waals surface area contributed by atoms with Gasteiger partial charge in [-0.1, -0.05) is 23.4 Å². The van der Waals surface area contributed by atoms with E-state index in [0.717, 1.165) is 17.9 Å². The van der Waals surface area contributed by atoms with E-state index >= 15 is 0 Å². The molecule has 1 aliphatic rings. The number of ketones is 1. The molecule has 2 aromatic carbocycles. The number of aryl methyl sites for hydroxylation is 1. The molecule has 1 aliphatic heterocycles. The van der Waals surface area contributed by atoms with Crippen LogP contribution >= 0.6 is 35.1 Å². The van der Waals surface area contributed by atoms with E-state index in [1.54, 1.807) is 48.1 Å². The van der Waals surface area contributed by atoms with Crippen LogP contribution < -0.4 is 10.3 Å². The molecule has 8 heteroatoms. The lowest BCUT2D eigenvalue weighted by atomic mass is 10.1. The zero-order valence-corrected chi connectivity index (χ0v) is 17.9. The van der Waals surface area contributed by atoms with Crippen LogP contribution in [0.25, 0.3) is 5.69 Å². The molecule has 5 nitrogen and oxygen atoms in total. The lowest BCUT2D eigenvalue weighted by Gasteiger charge is -2.14. The molecule has 2 heterocycles. The zero-order valence-electron chi connectivity index (χ0n) is 15.6. The predicted molar refractivity (Wildman–Crippen MR) is 117 cm³/mol. The second-order valence-corrected chi connectivity index (χ2v) is 8.81. The fourth-order valence-corrected chi connectivity index (χ4v) is 5.07. The summed E-state index contributed by atoms with van der Waals surface area (Å²) in [5, 5.41) is 1.10. The summed E-state index contributed by atoms with van der Waals surface area (Å²) in [5.74, 6) is 1.68. The molecule has 148 valence electrons. The fourth-order valence-electron chi connectivity index (χ4n) is 3.00. The fraction of sp³-hybridized carbons (Fsp3) is 0.190. The van der Waals surface area contributed by atoms with Gasteiger partial charge in [-0.3, -0.25) is 14.2 Å². The second kappa shape index (κ2) is 8.65. The van der Waals surface area contributed by atoms with Gasteiger partial charge in [0.05, 0.1) is 29.1 Å². The summed E-state index contributed by atoms with van der Waals surface area (Å²) in [7, 11) is 1.60. The second-order valence-electron chi connectivity index (χ2n) is 6.33. The number of rotatable bonds is 6. The summed E-state index contributed by atoms with van der Waals surface area (Å²) in [6, 6.07) is 14.0. The molecule has 0 saturated carbocycles. The number of benzene rings is 2. The summed E-state index contributed by atoms with van der Waals surface area (Å²) in [5.41, 5.74) is 1.99. The Balaban J connectivity index is 1.68. The van der Waals surface area contributed by atoms with Gasteiger partial charge in [-0.2, -0.15) is 0 Å². The molecule has 0 bridgehead atoms. The Morgan fingerprint density at radius 1 is 1.21 bits per heavy atom. The van der Waals surface area contributed by atoms with Crippen LogP contribution in [0.5, 0.6) is 5.75 Å². The van der Waals surface area contributed by atoms with Crippen molar-refractivity contribution in [3.8, 4) is 11.4 Å². The number of aromatic nitrogens is 2. The van der Waals surface area contributed by atoms with Crippen molar-refractivity contribution in [2.24, 2.45) is 0 Å². The highest BCUT2D eigenvalue weighted by Crippen LogP contribution is 2.30. The third-order valence-corrected chi connectivity index (χ3v) is 6.79. The quantitative estimate of drug-likeness (QED) is 0.316. The number of nitrogens with zero attached hydrogens (tertiary/aromatic N) is 2. The Hall–Kier alpha value is -2.22. The molecule has 0 fully saturated rings. The largest absolute Gasteiger partial charge is 0.497 e. The van der Waals surface area contributed by atoms with Crippen LogP contribution in [0.3, 0.4) is 0 Å². The molecule has 0 aliphatic carbocycles. The van der Waals surface area contributed by atoms with Crippen molar-refractivity contribution < 1.29 is 9.53 Å². The van der Waals surface area contributed by atoms with E-state index in [1.165, 1.54) is 23.5 Å². The van der Waals surface area contributed by atoms with Gasteiger partial charge in [0.1, 0.15) is 5.75 Å². The van der Waals surface area contributed by atoms with Crippen LogP contribution in [0.4, 0.5) is 0 Å². The van der Waals surface area contributed by atoms with Crippen molar-refractivity contribution in [2.45, 2.75) is 16.5 Å². The van der Waals surface area contributed by atoms with E-state index in [2.05, 4.69) is 0 Å². The number of thioether (sulfide) groups is 2. The smallest absolute Gasteiger partial charge is 0.272 e. The van der Waals surface area contributed by atoms with Crippen molar-refractivity contribution >= 4 is 40.9 Å². The normalized spacial score (nSPS) is 12.6. The van der Waals surface area contributed by atoms with Crippen LogP contribution in [0.1, 0.15) is 16.1 Å². The van der Waals surface area contributed by atoms with Gasteiger partial charge >= 0.3 is 0 Å². The third-order valence-electron chi connectivity index (χ3n) is 4.50. The highest BCUT2D eigenvalue weighted by Gasteiger charge is 2.23. The van der Waals surface area contributed by atoms with Crippen molar-refractivity contribution in [1.29, 1.82) is 0 Å². The molecule has 0 saturated heterocycles. The molecule has 3 aromatic rings. The number of methoxy groups -OCH3 is 1. The third kappa shape index (κ3) is 4.22. The minimum absolute atomic E-state index is 0.0444. The molecule has 0 radical (unpaired) electrons. The highest BCUT2D eigenvalue weighted by atomic mass is 35.5. The van der Waals surface area contributed by atoms with Crippen molar-refractivity contribution in [1.82, 2.24) is 9.55 Å². The summed E-state index contributed by atoms with van der Waals surface area (Å²) in [6.07, 6.45) is 0.761. The van der Waals surface area contributed by atoms with Gasteiger partial charge in [-0.05, 0) is 48.5 Å². The number of halogens is 1. The molecular weight excluding hydrogens is 428 g/mol. The van der Waals surface area contributed by atoms with Gasteiger partial charge in [-0.15, -0.1) is 11.8 Å². The number of carbonyl (C=O) groups is 1. The van der Waals surface area contributed by atoms with Crippen LogP contribution in [-0.2, 0) is 6.42 Å². The van der Waals surface area contributed by atoms with Gasteiger partial charge in [0, 0.05) is 22.8 Å². The SMILES string of the molecule is COc1ccc(-n2c(SCC(=O)c3ccc(Cl)cc3)nc3c(c2=O)SCC3)cc1. The Bertz CT molecular complexity index is 1110. The van der Waals surface area contributed by atoms with Crippen LogP contribution in [0.15, 0.2) is 63.4 Å². The first-order valence-electron chi connectivity index (χ1n) is 8.91. The number of fused-ring (bicyclic) bond motifs is 1. The van der Waals surface area contributed by atoms with Gasteiger partial charge in [0.2, 0.25) is 0 Å². The maximum atomic E-state index is 13.1. The first kappa shape index (κ1) is 20.1. The predicted octanol–water partition coefficient (Wildman–Crippen LogP) is 4.52. The molecule has 0 spiro atoms. The molecule has 4 rings (SSSR count). The monoisotopic (exact) mass is 444 g/mol. The number of hydrogen-bond donors (Lipinski definition) is 0. The lowest BCUT2D eigenvalue weighted by Crippen LogP contribution is -2.24. The molecule has 0 atom stereocenters. The Morgan fingerprint density at radius 2 is 1.93 bits per heavy atom. The van der Waals surface area contributed by atoms with E-state index in [-0.39, 0.29) is 17.1 Å². The summed E-state index contributed by atoms with van der Waals surface area (Å²) >= 11 is 8.70. The van der Waals surface area contributed by atoms with Crippen molar-refractivity contribution in [3.05, 3.63) is 75.2 Å². The average Bonchev–Trinajstić information content (AvgIpc) is 3.22. The maximum absolute atomic E-state index is 13.1. The minimum atomic E-state index is -0.0934. The number of hydrogen-bond acceptors (Lipinski definition) is 6. The minimum Gasteiger partial charge on any atom is -0.497 e. The average molecular weight is 445 g/mol. The van der Waals surface area contributed by atoms with Gasteiger partial charge < -0.3 is 4.74 Å². The molecule has 1 aromatic heterocycles. The molecule has 29 heavy (non-hydrogen) atoms. The summed E-state index contributed by atoms with van der Waals surface area (Å²) in [4.78, 5) is 31.1. The Labute approximate surface area is 181 Å². The molecule has 0 N–H and O–H groups in total. The van der Waals surface area contributed by atoms with Crippen LogP contribution in [0, 0.1) is 0 Å². The van der Waals surface area contributed by atoms with E-state index in [0.29, 0.717) is 32.1 Å². The summed E-state index contributed by atoms with van der Waals surface area (Å²) < 4.78 is 6.79. The zero-order chi connectivity index (χ0) is 20.4. The lowest BCUT2D eigenvalue weighted by molar-refractivity contribution is 0.102. The Kier molecular flexibility index (Phi) is 5.99. The highest BCUT2D eigenvalue weighted by molar-refractivity contribution is 8.00.